The third-order valence-electron chi connectivity index (χ3n) is 4.97. The lowest BCUT2D eigenvalue weighted by Gasteiger charge is -2.24. The minimum Gasteiger partial charge on any atom is -0.384 e. The first-order chi connectivity index (χ1) is 15.2. The molecular formula is C24H24ClN5O2. The minimum atomic E-state index is -0.480. The van der Waals surface area contributed by atoms with Crippen LogP contribution in [0.4, 0.5) is 11.4 Å². The van der Waals surface area contributed by atoms with Crippen LogP contribution in [0.15, 0.2) is 66.7 Å². The molecule has 0 radical (unpaired) electrons. The quantitative estimate of drug-likeness (QED) is 0.307. The van der Waals surface area contributed by atoms with Gasteiger partial charge in [-0.1, -0.05) is 41.9 Å². The Morgan fingerprint density at radius 1 is 1.00 bits per heavy atom. The Balaban J connectivity index is 1.88. The van der Waals surface area contributed by atoms with Crippen molar-refractivity contribution in [1.82, 2.24) is 0 Å². The molecule has 2 amide bonds. The molecule has 0 saturated heterocycles. The van der Waals surface area contributed by atoms with E-state index in [4.69, 9.17) is 28.5 Å². The average Bonchev–Trinajstić information content (AvgIpc) is 2.76. The Labute approximate surface area is 191 Å². The van der Waals surface area contributed by atoms with E-state index in [1.165, 1.54) is 6.92 Å². The maximum absolute atomic E-state index is 12.4. The maximum atomic E-state index is 12.4. The number of benzene rings is 3. The summed E-state index contributed by atoms with van der Waals surface area (Å²) < 4.78 is 0. The summed E-state index contributed by atoms with van der Waals surface area (Å²) in [5.74, 6) is -0.661. The molecule has 0 atom stereocenters. The fraction of sp³-hybridized carbons (Fsp3) is 0.125. The van der Waals surface area contributed by atoms with Gasteiger partial charge in [-0.2, -0.15) is 0 Å². The third-order valence-corrected chi connectivity index (χ3v) is 5.21. The van der Waals surface area contributed by atoms with E-state index < -0.39 is 5.91 Å². The number of primary amides is 1. The van der Waals surface area contributed by atoms with E-state index in [-0.39, 0.29) is 11.7 Å². The molecule has 7 nitrogen and oxygen atoms in total. The molecule has 0 aromatic heterocycles. The highest BCUT2D eigenvalue weighted by Gasteiger charge is 2.16. The zero-order valence-corrected chi connectivity index (χ0v) is 18.3. The standard InChI is InChI=1S/C24H24ClN5O2/c1-15(31)30(21-4-2-3-20(25)12-21)14-19-10-9-18(23(26)27)11-22(19)29-13-16-5-7-17(8-6-16)24(28)32/h2-12,29H,13-14H2,1H3,(H3,26,27)(H2,28,32). The number of carbonyl (C=O) groups excluding carboxylic acids is 2. The monoisotopic (exact) mass is 449 g/mol. The normalized spacial score (nSPS) is 10.4. The molecule has 8 heteroatoms. The second-order valence-electron chi connectivity index (χ2n) is 7.29. The largest absolute Gasteiger partial charge is 0.384 e. The number of amides is 2. The van der Waals surface area contributed by atoms with Crippen LogP contribution in [0.3, 0.4) is 0 Å². The van der Waals surface area contributed by atoms with E-state index in [9.17, 15) is 9.59 Å². The van der Waals surface area contributed by atoms with Crippen molar-refractivity contribution >= 4 is 40.6 Å². The Morgan fingerprint density at radius 3 is 2.28 bits per heavy atom. The molecule has 0 unspecified atom stereocenters. The second-order valence-corrected chi connectivity index (χ2v) is 7.72. The molecule has 3 aromatic rings. The van der Waals surface area contributed by atoms with Gasteiger partial charge in [0.15, 0.2) is 0 Å². The molecule has 0 aliphatic carbocycles. The molecule has 0 heterocycles. The predicted molar refractivity (Wildman–Crippen MR) is 128 cm³/mol. The highest BCUT2D eigenvalue weighted by molar-refractivity contribution is 6.30. The number of nitrogens with two attached hydrogens (primary N) is 2. The van der Waals surface area contributed by atoms with E-state index in [0.717, 1.165) is 16.8 Å². The van der Waals surface area contributed by atoms with Gasteiger partial charge in [0, 0.05) is 41.0 Å². The number of nitrogens with one attached hydrogen (secondary N) is 2. The maximum Gasteiger partial charge on any atom is 0.248 e. The van der Waals surface area contributed by atoms with Crippen molar-refractivity contribution in [2.45, 2.75) is 20.0 Å². The fourth-order valence-electron chi connectivity index (χ4n) is 3.23. The minimum absolute atomic E-state index is 0.0522. The van der Waals surface area contributed by atoms with E-state index >= 15 is 0 Å². The van der Waals surface area contributed by atoms with Crippen molar-refractivity contribution in [3.63, 3.8) is 0 Å². The van der Waals surface area contributed by atoms with Crippen LogP contribution in [0.1, 0.15) is 34.0 Å². The number of nitrogens with zero attached hydrogens (tertiary/aromatic N) is 1. The summed E-state index contributed by atoms with van der Waals surface area (Å²) in [7, 11) is 0. The van der Waals surface area contributed by atoms with Gasteiger partial charge in [0.2, 0.25) is 11.8 Å². The lowest BCUT2D eigenvalue weighted by molar-refractivity contribution is -0.116. The van der Waals surface area contributed by atoms with Crippen LogP contribution in [0.2, 0.25) is 5.02 Å². The summed E-state index contributed by atoms with van der Waals surface area (Å²) in [6.07, 6.45) is 0. The summed E-state index contributed by atoms with van der Waals surface area (Å²) >= 11 is 6.11. The highest BCUT2D eigenvalue weighted by atomic mass is 35.5. The first-order valence-corrected chi connectivity index (χ1v) is 10.3. The van der Waals surface area contributed by atoms with Crippen LogP contribution in [-0.2, 0) is 17.9 Å². The molecule has 0 saturated carbocycles. The smallest absolute Gasteiger partial charge is 0.248 e. The number of rotatable bonds is 8. The number of hydrogen-bond donors (Lipinski definition) is 4. The zero-order chi connectivity index (χ0) is 23.3. The van der Waals surface area contributed by atoms with Crippen molar-refractivity contribution < 1.29 is 9.59 Å². The van der Waals surface area contributed by atoms with Crippen LogP contribution in [-0.4, -0.2) is 17.6 Å². The van der Waals surface area contributed by atoms with Gasteiger partial charge in [0.1, 0.15) is 5.84 Å². The molecule has 3 aromatic carbocycles. The van der Waals surface area contributed by atoms with Gasteiger partial charge in [-0.15, -0.1) is 0 Å². The van der Waals surface area contributed by atoms with Gasteiger partial charge in [-0.3, -0.25) is 15.0 Å². The van der Waals surface area contributed by atoms with Gasteiger partial charge in [-0.05, 0) is 47.5 Å². The zero-order valence-electron chi connectivity index (χ0n) is 17.6. The summed E-state index contributed by atoms with van der Waals surface area (Å²) in [6.45, 7) is 2.26. The van der Waals surface area contributed by atoms with Gasteiger partial charge >= 0.3 is 0 Å². The van der Waals surface area contributed by atoms with Gasteiger partial charge < -0.3 is 21.7 Å². The van der Waals surface area contributed by atoms with Crippen LogP contribution in [0, 0.1) is 5.41 Å². The molecule has 0 spiro atoms. The number of amidine groups is 1. The van der Waals surface area contributed by atoms with Crippen molar-refractivity contribution in [1.29, 1.82) is 5.41 Å². The number of carbonyl (C=O) groups is 2. The van der Waals surface area contributed by atoms with E-state index in [0.29, 0.717) is 34.9 Å². The Morgan fingerprint density at radius 2 is 1.69 bits per heavy atom. The van der Waals surface area contributed by atoms with Crippen LogP contribution in [0.25, 0.3) is 0 Å². The summed E-state index contributed by atoms with van der Waals surface area (Å²) in [5, 5.41) is 11.6. The third kappa shape index (κ3) is 5.65. The molecule has 0 aliphatic heterocycles. The van der Waals surface area contributed by atoms with Crippen molar-refractivity contribution in [3.8, 4) is 0 Å². The van der Waals surface area contributed by atoms with Crippen LogP contribution in [0.5, 0.6) is 0 Å². The highest BCUT2D eigenvalue weighted by Crippen LogP contribution is 2.26. The molecular weight excluding hydrogens is 426 g/mol. The molecule has 164 valence electrons. The molecule has 0 fully saturated rings. The summed E-state index contributed by atoms with van der Waals surface area (Å²) in [4.78, 5) is 25.3. The number of nitrogen functional groups attached to an aromatic ring is 1. The lowest BCUT2D eigenvalue weighted by Crippen LogP contribution is -2.28. The molecule has 0 bridgehead atoms. The predicted octanol–water partition coefficient (Wildman–Crippen LogP) is 3.89. The second kappa shape index (κ2) is 9.98. The van der Waals surface area contributed by atoms with Crippen molar-refractivity contribution in [2.75, 3.05) is 10.2 Å². The number of hydrogen-bond acceptors (Lipinski definition) is 4. The van der Waals surface area contributed by atoms with Gasteiger partial charge in [0.25, 0.3) is 0 Å². The number of anilines is 2. The molecule has 3 rings (SSSR count). The molecule has 6 N–H and O–H groups in total. The molecule has 0 aliphatic rings. The van der Waals surface area contributed by atoms with E-state index in [1.807, 2.05) is 24.3 Å². The summed E-state index contributed by atoms with van der Waals surface area (Å²) in [5.41, 5.74) is 15.2. The average molecular weight is 450 g/mol. The Kier molecular flexibility index (Phi) is 7.12. The Bertz CT molecular complexity index is 1160. The van der Waals surface area contributed by atoms with Crippen LogP contribution < -0.4 is 21.7 Å². The first kappa shape index (κ1) is 22.8. The lowest BCUT2D eigenvalue weighted by atomic mass is 10.1. The topological polar surface area (TPSA) is 125 Å². The van der Waals surface area contributed by atoms with E-state index in [2.05, 4.69) is 5.32 Å². The van der Waals surface area contributed by atoms with Crippen molar-refractivity contribution in [2.24, 2.45) is 11.5 Å². The fourth-order valence-corrected chi connectivity index (χ4v) is 3.41. The van der Waals surface area contributed by atoms with Gasteiger partial charge in [0.05, 0.1) is 6.54 Å². The number of halogens is 1. The first-order valence-electron chi connectivity index (χ1n) is 9.88. The van der Waals surface area contributed by atoms with E-state index in [1.54, 1.807) is 47.4 Å². The molecule has 32 heavy (non-hydrogen) atoms. The summed E-state index contributed by atoms with van der Waals surface area (Å²) in [6, 6.07) is 19.5. The SMILES string of the molecule is CC(=O)N(Cc1ccc(C(=N)N)cc1NCc1ccc(C(N)=O)cc1)c1cccc(Cl)c1. The van der Waals surface area contributed by atoms with Crippen LogP contribution >= 0.6 is 11.6 Å². The van der Waals surface area contributed by atoms with Crippen molar-refractivity contribution in [3.05, 3.63) is 94.0 Å². The Hall–Kier alpha value is -3.84. The van der Waals surface area contributed by atoms with Gasteiger partial charge in [-0.25, -0.2) is 0 Å².